The van der Waals surface area contributed by atoms with Gasteiger partial charge in [-0.2, -0.15) is 0 Å². The Morgan fingerprint density at radius 2 is 1.17 bits per heavy atom. The van der Waals surface area contributed by atoms with Crippen LogP contribution in [0.15, 0.2) is 0 Å². The summed E-state index contributed by atoms with van der Waals surface area (Å²) >= 11 is 3.38. The summed E-state index contributed by atoms with van der Waals surface area (Å²) in [4.78, 5) is 13.8. The zero-order valence-corrected chi connectivity index (χ0v) is 9.25. The zero-order chi connectivity index (χ0) is 7.01. The molecular formula is C10H9FeRu. The van der Waals surface area contributed by atoms with E-state index in [-0.39, 0.29) is 0 Å². The van der Waals surface area contributed by atoms with E-state index in [2.05, 4.69) is 18.3 Å². The molecule has 10 aliphatic heterocycles. The molecule has 65 valence electrons. The van der Waals surface area contributed by atoms with Crippen molar-refractivity contribution in [2.45, 2.75) is 46.3 Å². The van der Waals surface area contributed by atoms with Crippen LogP contribution in [0.2, 0.25) is 46.3 Å². The Balaban J connectivity index is 2.31. The normalized spacial score (nSPS) is 164. The average molecular weight is 286 g/mol. The fourth-order valence-electron chi connectivity index (χ4n) is 15.8. The van der Waals surface area contributed by atoms with Crippen molar-refractivity contribution in [3.05, 3.63) is 0 Å². The topological polar surface area (TPSA) is 0 Å². The minimum atomic E-state index is -2.48. The molecule has 0 aromatic carbocycles. The van der Waals surface area contributed by atoms with E-state index >= 15 is 0 Å². The van der Waals surface area contributed by atoms with Gasteiger partial charge in [0.25, 0.3) is 0 Å². The van der Waals surface area contributed by atoms with Crippen LogP contribution in [0.5, 0.6) is 0 Å². The molecule has 0 amide bonds. The third kappa shape index (κ3) is 0.0250. The molecule has 4 unspecified atom stereocenters. The first-order valence-electron chi connectivity index (χ1n) is 5.43. The van der Waals surface area contributed by atoms with Crippen molar-refractivity contribution in [3.8, 4) is 0 Å². The van der Waals surface area contributed by atoms with E-state index < -0.39 is 6.51 Å². The van der Waals surface area contributed by atoms with Crippen molar-refractivity contribution in [2.75, 3.05) is 0 Å². The van der Waals surface area contributed by atoms with Crippen molar-refractivity contribution in [2.24, 2.45) is 0 Å². The van der Waals surface area contributed by atoms with Crippen LogP contribution < -0.4 is 0 Å². The molecular weight excluding hydrogens is 277 g/mol. The third-order valence-corrected chi connectivity index (χ3v) is 64.6. The molecule has 12 heavy (non-hydrogen) atoms. The van der Waals surface area contributed by atoms with E-state index in [4.69, 9.17) is 0 Å². The van der Waals surface area contributed by atoms with Crippen molar-refractivity contribution in [3.63, 3.8) is 0 Å². The second-order valence-electron chi connectivity index (χ2n) is 9.57. The molecule has 4 atom stereocenters. The van der Waals surface area contributed by atoms with Gasteiger partial charge in [0.2, 0.25) is 0 Å². The fourth-order valence-corrected chi connectivity index (χ4v) is 102. The van der Waals surface area contributed by atoms with Crippen LogP contribution in [0.3, 0.4) is 0 Å². The van der Waals surface area contributed by atoms with E-state index in [0.29, 0.717) is 0 Å². The Bertz CT molecular complexity index is 755. The molecule has 0 bridgehead atoms. The number of hydrogen-bond acceptors (Lipinski definition) is 0. The molecule has 0 radical (unpaired) electrons. The van der Waals surface area contributed by atoms with Crippen molar-refractivity contribution < 1.29 is 24.8 Å². The summed E-state index contributed by atoms with van der Waals surface area (Å²) in [5.74, 6) is 0. The van der Waals surface area contributed by atoms with Crippen LogP contribution in [-0.4, -0.2) is 0 Å². The van der Waals surface area contributed by atoms with Crippen LogP contribution >= 0.6 is 0 Å². The van der Waals surface area contributed by atoms with E-state index in [9.17, 15) is 0 Å². The molecule has 0 aromatic heterocycles. The molecule has 10 fully saturated rings. The van der Waals surface area contributed by atoms with E-state index in [1.807, 2.05) is 0 Å². The summed E-state index contributed by atoms with van der Waals surface area (Å²) in [6, 6.07) is 0. The summed E-state index contributed by atoms with van der Waals surface area (Å²) in [6.07, 6.45) is 0. The molecule has 10 heterocycles. The van der Waals surface area contributed by atoms with Gasteiger partial charge in [-0.15, -0.1) is 0 Å². The van der Waals surface area contributed by atoms with Crippen LogP contribution in [0, 0.1) is 0 Å². The molecule has 10 aliphatic rings. The third-order valence-electron chi connectivity index (χ3n) is 14.5. The zero-order valence-electron chi connectivity index (χ0n) is 6.40. The van der Waals surface area contributed by atoms with Crippen molar-refractivity contribution >= 4 is 0 Å². The number of fused-ring (bicyclic) bond motifs is 10. The number of hydrogen-bond donors (Lipinski definition) is 0. The summed E-state index contributed by atoms with van der Waals surface area (Å²) in [5, 5.41) is 0. The first kappa shape index (κ1) is 3.95. The molecule has 0 N–H and O–H groups in total. The van der Waals surface area contributed by atoms with Gasteiger partial charge in [-0.1, -0.05) is 0 Å². The average Bonchev–Trinajstić information content (AvgIpc) is 2.97. The quantitative estimate of drug-likeness (QED) is 0.600. The standard InChI is InChI=1S/C5H5.C5H4.Fe.Ru/c2*1-2-4-5-3-1;;/h1-5H;1-4H;;. The monoisotopic (exact) mass is 287 g/mol. The Hall–Kier alpha value is 1.14. The van der Waals surface area contributed by atoms with Gasteiger partial charge < -0.3 is 0 Å². The molecule has 1 spiro atoms. The SMILES string of the molecule is [Ru][C]12[CH]3[CH]4[CH]5[CH]1[Fe]45321678[CH]2[CH]1[CH]6[CH]7[CH]28. The summed E-state index contributed by atoms with van der Waals surface area (Å²) in [5.41, 5.74) is 0. The van der Waals surface area contributed by atoms with Crippen LogP contribution in [0.1, 0.15) is 0 Å². The fraction of sp³-hybridized carbons (Fsp3) is 1.00. The Morgan fingerprint density at radius 1 is 0.750 bits per heavy atom. The maximum atomic E-state index is 3.38. The van der Waals surface area contributed by atoms with Gasteiger partial charge in [0, 0.05) is 0 Å². The van der Waals surface area contributed by atoms with Gasteiger partial charge in [-0.3, -0.25) is 0 Å². The molecule has 0 aromatic rings. The Labute approximate surface area is 70.8 Å². The summed E-state index contributed by atoms with van der Waals surface area (Å²) in [6.45, 7) is -2.48. The predicted octanol–water partition coefficient (Wildman–Crippen LogP) is 3.25. The molecule has 0 aliphatic carbocycles. The second-order valence-corrected chi connectivity index (χ2v) is 35.3. The van der Waals surface area contributed by atoms with E-state index in [0.717, 1.165) is 2.91 Å². The summed E-state index contributed by atoms with van der Waals surface area (Å²) < 4.78 is 1.12. The van der Waals surface area contributed by atoms with Gasteiger partial charge in [0.15, 0.2) is 0 Å². The summed E-state index contributed by atoms with van der Waals surface area (Å²) in [7, 11) is 0. The van der Waals surface area contributed by atoms with Gasteiger partial charge in [0.1, 0.15) is 0 Å². The van der Waals surface area contributed by atoms with Crippen molar-refractivity contribution in [1.82, 2.24) is 0 Å². The minimum absolute atomic E-state index is 1.12. The molecule has 0 saturated carbocycles. The van der Waals surface area contributed by atoms with E-state index in [1.165, 1.54) is 9.63 Å². The van der Waals surface area contributed by atoms with Gasteiger partial charge in [-0.05, 0) is 0 Å². The van der Waals surface area contributed by atoms with Crippen molar-refractivity contribution in [1.29, 1.82) is 0 Å². The van der Waals surface area contributed by atoms with E-state index in [1.54, 1.807) is 33.7 Å². The second kappa shape index (κ2) is 0.241. The van der Waals surface area contributed by atoms with Crippen LogP contribution in [0.4, 0.5) is 0 Å². The predicted molar refractivity (Wildman–Crippen MR) is 36.4 cm³/mol. The van der Waals surface area contributed by atoms with Gasteiger partial charge in [0.05, 0.1) is 0 Å². The first-order valence-corrected chi connectivity index (χ1v) is 12.6. The molecule has 10 saturated heterocycles. The Kier molecular flexibility index (Phi) is 0.0793. The molecule has 2 heteroatoms. The first-order chi connectivity index (χ1) is 5.55. The van der Waals surface area contributed by atoms with Crippen LogP contribution in [0.25, 0.3) is 0 Å². The maximum absolute atomic E-state index is 3.38. The Morgan fingerprint density at radius 3 is 1.17 bits per heavy atom. The number of rotatable bonds is 0. The molecule has 0 nitrogen and oxygen atoms in total. The van der Waals surface area contributed by atoms with Gasteiger partial charge >= 0.3 is 71.1 Å². The molecule has 10 rings (SSSR count). The van der Waals surface area contributed by atoms with Gasteiger partial charge in [-0.25, -0.2) is 0 Å². The van der Waals surface area contributed by atoms with Crippen LogP contribution in [-0.2, 0) is 24.8 Å².